The van der Waals surface area contributed by atoms with E-state index in [0.717, 1.165) is 12.8 Å². The summed E-state index contributed by atoms with van der Waals surface area (Å²) in [5.41, 5.74) is -0.513. The lowest BCUT2D eigenvalue weighted by molar-refractivity contribution is -0.140. The van der Waals surface area contributed by atoms with Crippen molar-refractivity contribution in [2.45, 2.75) is 57.9 Å². The van der Waals surface area contributed by atoms with Crippen LogP contribution in [0.4, 0.5) is 4.79 Å². The molecule has 0 aromatic rings. The molecule has 0 aromatic carbocycles. The maximum atomic E-state index is 11.9. The van der Waals surface area contributed by atoms with Crippen LogP contribution in [0.3, 0.4) is 0 Å². The van der Waals surface area contributed by atoms with Gasteiger partial charge in [0.05, 0.1) is 6.42 Å². The zero-order chi connectivity index (χ0) is 15.9. The molecule has 3 amide bonds. The first-order valence-corrected chi connectivity index (χ1v) is 7.12. The van der Waals surface area contributed by atoms with E-state index in [9.17, 15) is 14.4 Å². The minimum atomic E-state index is -0.906. The van der Waals surface area contributed by atoms with Gasteiger partial charge in [0, 0.05) is 18.9 Å². The van der Waals surface area contributed by atoms with Crippen molar-refractivity contribution < 1.29 is 19.5 Å². The van der Waals surface area contributed by atoms with Crippen molar-refractivity contribution in [1.29, 1.82) is 0 Å². The number of aliphatic carboxylic acids is 1. The van der Waals surface area contributed by atoms with Gasteiger partial charge in [-0.15, -0.1) is 12.3 Å². The summed E-state index contributed by atoms with van der Waals surface area (Å²) in [7, 11) is 0. The summed E-state index contributed by atoms with van der Waals surface area (Å²) in [5, 5.41) is 13.8. The van der Waals surface area contributed by atoms with E-state index in [4.69, 9.17) is 11.5 Å². The molecule has 0 bridgehead atoms. The zero-order valence-corrected chi connectivity index (χ0v) is 12.3. The second-order valence-corrected chi connectivity index (χ2v) is 5.79. The zero-order valence-electron chi connectivity index (χ0n) is 12.3. The van der Waals surface area contributed by atoms with Crippen LogP contribution in [-0.4, -0.2) is 29.1 Å². The molecule has 0 heterocycles. The number of carbonyl (C=O) groups excluding carboxylic acids is 2. The van der Waals surface area contributed by atoms with E-state index < -0.39 is 23.3 Å². The minimum Gasteiger partial charge on any atom is -0.481 e. The number of nitrogens with one attached hydrogen (secondary N) is 2. The van der Waals surface area contributed by atoms with E-state index in [-0.39, 0.29) is 18.9 Å². The third-order valence-electron chi connectivity index (χ3n) is 3.78. The SMILES string of the molecule is C#CCC(C)NC(=O)NC(=O)CC1(CC(=O)O)CCCC1. The Morgan fingerprint density at radius 2 is 1.90 bits per heavy atom. The molecule has 6 nitrogen and oxygen atoms in total. The smallest absolute Gasteiger partial charge is 0.321 e. The lowest BCUT2D eigenvalue weighted by Crippen LogP contribution is -2.44. The number of hydrogen-bond acceptors (Lipinski definition) is 3. The van der Waals surface area contributed by atoms with Crippen molar-refractivity contribution in [1.82, 2.24) is 10.6 Å². The molecule has 116 valence electrons. The van der Waals surface area contributed by atoms with Crippen molar-refractivity contribution in [2.24, 2.45) is 5.41 Å². The van der Waals surface area contributed by atoms with Gasteiger partial charge < -0.3 is 10.4 Å². The lowest BCUT2D eigenvalue weighted by atomic mass is 9.79. The van der Waals surface area contributed by atoms with Gasteiger partial charge in [0.1, 0.15) is 0 Å². The number of carboxylic acid groups (broad SMARTS) is 1. The van der Waals surface area contributed by atoms with E-state index in [0.29, 0.717) is 19.3 Å². The molecule has 0 saturated heterocycles. The van der Waals surface area contributed by atoms with Gasteiger partial charge in [0.2, 0.25) is 5.91 Å². The number of terminal acetylenes is 1. The Kier molecular flexibility index (Phi) is 6.22. The summed E-state index contributed by atoms with van der Waals surface area (Å²) in [6.45, 7) is 1.74. The molecule has 1 atom stereocenters. The van der Waals surface area contributed by atoms with Gasteiger partial charge in [-0.05, 0) is 25.2 Å². The number of rotatable bonds is 6. The summed E-state index contributed by atoms with van der Waals surface area (Å²) in [6, 6.07) is -0.812. The van der Waals surface area contributed by atoms with E-state index in [2.05, 4.69) is 16.6 Å². The number of carboxylic acids is 1. The molecule has 1 aliphatic rings. The van der Waals surface area contributed by atoms with Gasteiger partial charge in [-0.1, -0.05) is 12.8 Å². The number of amides is 3. The third kappa shape index (κ3) is 5.86. The van der Waals surface area contributed by atoms with Crippen molar-refractivity contribution in [3.8, 4) is 12.3 Å². The Morgan fingerprint density at radius 3 is 2.43 bits per heavy atom. The first-order valence-electron chi connectivity index (χ1n) is 7.12. The Bertz CT molecular complexity index is 447. The summed E-state index contributed by atoms with van der Waals surface area (Å²) in [4.78, 5) is 34.5. The maximum absolute atomic E-state index is 11.9. The molecule has 0 radical (unpaired) electrons. The average molecular weight is 294 g/mol. The largest absolute Gasteiger partial charge is 0.481 e. The first-order chi connectivity index (χ1) is 9.87. The lowest BCUT2D eigenvalue weighted by Gasteiger charge is -2.26. The third-order valence-corrected chi connectivity index (χ3v) is 3.78. The van der Waals surface area contributed by atoms with Crippen LogP contribution < -0.4 is 10.6 Å². The number of hydrogen-bond donors (Lipinski definition) is 3. The molecule has 6 heteroatoms. The fourth-order valence-corrected chi connectivity index (χ4v) is 2.86. The van der Waals surface area contributed by atoms with Gasteiger partial charge in [0.25, 0.3) is 0 Å². The van der Waals surface area contributed by atoms with E-state index in [1.807, 2.05) is 0 Å². The van der Waals surface area contributed by atoms with Crippen LogP contribution in [0.25, 0.3) is 0 Å². The maximum Gasteiger partial charge on any atom is 0.321 e. The van der Waals surface area contributed by atoms with Crippen LogP contribution in [0.15, 0.2) is 0 Å². The molecule has 1 rings (SSSR count). The van der Waals surface area contributed by atoms with Crippen LogP contribution in [0.5, 0.6) is 0 Å². The molecule has 1 fully saturated rings. The van der Waals surface area contributed by atoms with Gasteiger partial charge in [-0.3, -0.25) is 14.9 Å². The fourth-order valence-electron chi connectivity index (χ4n) is 2.86. The minimum absolute atomic E-state index is 0.0322. The first kappa shape index (κ1) is 17.0. The molecule has 0 aromatic heterocycles. The van der Waals surface area contributed by atoms with E-state index in [1.165, 1.54) is 0 Å². The second kappa shape index (κ2) is 7.67. The van der Waals surface area contributed by atoms with Gasteiger partial charge in [-0.2, -0.15) is 0 Å². The molecular formula is C15H22N2O4. The van der Waals surface area contributed by atoms with Crippen molar-refractivity contribution in [3.63, 3.8) is 0 Å². The number of urea groups is 1. The Labute approximate surface area is 124 Å². The van der Waals surface area contributed by atoms with Crippen molar-refractivity contribution >= 4 is 17.9 Å². The molecule has 1 unspecified atom stereocenters. The normalized spacial score (nSPS) is 17.5. The Hall–Kier alpha value is -2.03. The van der Waals surface area contributed by atoms with Crippen molar-refractivity contribution in [2.75, 3.05) is 0 Å². The van der Waals surface area contributed by atoms with E-state index in [1.54, 1.807) is 6.92 Å². The molecule has 1 saturated carbocycles. The van der Waals surface area contributed by atoms with Crippen LogP contribution in [0, 0.1) is 17.8 Å². The van der Waals surface area contributed by atoms with Gasteiger partial charge >= 0.3 is 12.0 Å². The highest BCUT2D eigenvalue weighted by molar-refractivity contribution is 5.94. The Balaban J connectivity index is 2.49. The van der Waals surface area contributed by atoms with Gasteiger partial charge in [0.15, 0.2) is 0 Å². The summed E-state index contributed by atoms with van der Waals surface area (Å²) in [6.07, 6.45) is 8.81. The molecule has 1 aliphatic carbocycles. The average Bonchev–Trinajstić information content (AvgIpc) is 2.75. The predicted octanol–water partition coefficient (Wildman–Crippen LogP) is 1.65. The highest BCUT2D eigenvalue weighted by Crippen LogP contribution is 2.43. The molecule has 0 spiro atoms. The summed E-state index contributed by atoms with van der Waals surface area (Å²) >= 11 is 0. The van der Waals surface area contributed by atoms with Crippen LogP contribution in [0.1, 0.15) is 51.9 Å². The summed E-state index contributed by atoms with van der Waals surface area (Å²) < 4.78 is 0. The Morgan fingerprint density at radius 1 is 1.29 bits per heavy atom. The van der Waals surface area contributed by atoms with Gasteiger partial charge in [-0.25, -0.2) is 4.79 Å². The number of imide groups is 1. The molecule has 0 aliphatic heterocycles. The second-order valence-electron chi connectivity index (χ2n) is 5.79. The fraction of sp³-hybridized carbons (Fsp3) is 0.667. The molecular weight excluding hydrogens is 272 g/mol. The number of carbonyl (C=O) groups is 3. The predicted molar refractivity (Wildman–Crippen MR) is 77.4 cm³/mol. The topological polar surface area (TPSA) is 95.5 Å². The molecule has 3 N–H and O–H groups in total. The van der Waals surface area contributed by atoms with E-state index >= 15 is 0 Å². The monoisotopic (exact) mass is 294 g/mol. The van der Waals surface area contributed by atoms with Crippen LogP contribution in [-0.2, 0) is 9.59 Å². The molecule has 21 heavy (non-hydrogen) atoms. The summed E-state index contributed by atoms with van der Waals surface area (Å²) in [5.74, 6) is 1.07. The highest BCUT2D eigenvalue weighted by Gasteiger charge is 2.38. The highest BCUT2D eigenvalue weighted by atomic mass is 16.4. The van der Waals surface area contributed by atoms with Crippen LogP contribution >= 0.6 is 0 Å². The van der Waals surface area contributed by atoms with Crippen molar-refractivity contribution in [3.05, 3.63) is 0 Å². The standard InChI is InChI=1S/C15H22N2O4/c1-3-6-11(2)16-14(21)17-12(18)9-15(10-13(19)20)7-4-5-8-15/h1,11H,4-10H2,2H3,(H,19,20)(H2,16,17,18,21). The van der Waals surface area contributed by atoms with Crippen LogP contribution in [0.2, 0.25) is 0 Å². The quantitative estimate of drug-likeness (QED) is 0.649.